The molecule has 0 aromatic rings. The molecule has 151 valence electrons. The molecule has 0 saturated carbocycles. The highest BCUT2D eigenvalue weighted by Gasteiger charge is 2.13. The molecule has 0 spiro atoms. The Balaban J connectivity index is 3.69. The highest BCUT2D eigenvalue weighted by molar-refractivity contribution is 5.68. The third kappa shape index (κ3) is 16.0. The second-order valence-corrected chi connectivity index (χ2v) is 6.43. The molecule has 0 heterocycles. The molecule has 0 aromatic carbocycles. The van der Waals surface area contributed by atoms with Gasteiger partial charge in [-0.2, -0.15) is 0 Å². The van der Waals surface area contributed by atoms with E-state index in [0.29, 0.717) is 6.42 Å². The summed E-state index contributed by atoms with van der Waals surface area (Å²) in [5.41, 5.74) is 0. The fourth-order valence-corrected chi connectivity index (χ4v) is 2.60. The molecular formula is C21H37O5. The van der Waals surface area contributed by atoms with Crippen LogP contribution in [0.3, 0.4) is 0 Å². The zero-order valence-corrected chi connectivity index (χ0v) is 16.8. The maximum atomic E-state index is 11.3. The van der Waals surface area contributed by atoms with Crippen molar-refractivity contribution in [3.8, 4) is 0 Å². The van der Waals surface area contributed by atoms with E-state index in [0.717, 1.165) is 64.2 Å². The van der Waals surface area contributed by atoms with Crippen molar-refractivity contribution in [2.45, 2.75) is 90.1 Å². The first-order chi connectivity index (χ1) is 12.6. The van der Waals surface area contributed by atoms with Crippen molar-refractivity contribution in [2.24, 2.45) is 0 Å². The third-order valence-electron chi connectivity index (χ3n) is 4.19. The van der Waals surface area contributed by atoms with Crippen LogP contribution in [0.25, 0.3) is 0 Å². The number of rotatable bonds is 16. The molecule has 0 bridgehead atoms. The number of hydrogen-bond donors (Lipinski definition) is 0. The van der Waals surface area contributed by atoms with Crippen LogP contribution in [-0.2, 0) is 19.0 Å². The van der Waals surface area contributed by atoms with E-state index in [-0.39, 0.29) is 12.1 Å². The average Bonchev–Trinajstić information content (AvgIpc) is 2.65. The lowest BCUT2D eigenvalue weighted by molar-refractivity contribution is -0.140. The summed E-state index contributed by atoms with van der Waals surface area (Å²) in [6.45, 7) is 2.15. The standard InChI is InChI=1S/C21H37O5/c1-4-5-13-16-19(26-21(23)25-3)17-14-11-9-7-6-8-10-12-15-18-20(22)24-2/h9,11,17,19H,4-8,10,12-16,18H2,1-3H3/b11-9-. The molecule has 0 aliphatic rings. The summed E-state index contributed by atoms with van der Waals surface area (Å²) in [5.74, 6) is -0.117. The summed E-state index contributed by atoms with van der Waals surface area (Å²) >= 11 is 0. The van der Waals surface area contributed by atoms with Crippen molar-refractivity contribution in [2.75, 3.05) is 14.2 Å². The summed E-state index contributed by atoms with van der Waals surface area (Å²) < 4.78 is 14.5. The van der Waals surface area contributed by atoms with Gasteiger partial charge >= 0.3 is 12.1 Å². The molecule has 0 amide bonds. The molecule has 0 fully saturated rings. The second-order valence-electron chi connectivity index (χ2n) is 6.43. The SMILES string of the molecule is CCCCCC([CH]C/C=C\CCCCCCCC(=O)OC)OC(=O)OC. The monoisotopic (exact) mass is 369 g/mol. The maximum absolute atomic E-state index is 11.3. The van der Waals surface area contributed by atoms with Gasteiger partial charge in [-0.25, -0.2) is 4.79 Å². The number of hydrogen-bond acceptors (Lipinski definition) is 5. The number of allylic oxidation sites excluding steroid dienone is 2. The predicted octanol–water partition coefficient (Wildman–Crippen LogP) is 5.77. The third-order valence-corrected chi connectivity index (χ3v) is 4.19. The van der Waals surface area contributed by atoms with Gasteiger partial charge in [-0.05, 0) is 38.5 Å². The van der Waals surface area contributed by atoms with Gasteiger partial charge in [0.2, 0.25) is 0 Å². The number of esters is 1. The minimum absolute atomic E-state index is 0.117. The van der Waals surface area contributed by atoms with Crippen LogP contribution in [0.15, 0.2) is 12.2 Å². The first-order valence-electron chi connectivity index (χ1n) is 9.93. The molecule has 1 unspecified atom stereocenters. The van der Waals surface area contributed by atoms with E-state index < -0.39 is 6.16 Å². The Morgan fingerprint density at radius 1 is 0.885 bits per heavy atom. The Hall–Kier alpha value is -1.52. The van der Waals surface area contributed by atoms with Gasteiger partial charge in [0, 0.05) is 12.8 Å². The van der Waals surface area contributed by atoms with E-state index >= 15 is 0 Å². The summed E-state index contributed by atoms with van der Waals surface area (Å²) in [5, 5.41) is 0. The van der Waals surface area contributed by atoms with Gasteiger partial charge in [-0.3, -0.25) is 4.79 Å². The molecule has 1 atom stereocenters. The average molecular weight is 370 g/mol. The quantitative estimate of drug-likeness (QED) is 0.196. The van der Waals surface area contributed by atoms with Crippen molar-refractivity contribution >= 4 is 12.1 Å². The summed E-state index contributed by atoms with van der Waals surface area (Å²) in [7, 11) is 2.77. The van der Waals surface area contributed by atoms with Gasteiger partial charge in [0.05, 0.1) is 14.2 Å². The highest BCUT2D eigenvalue weighted by atomic mass is 16.7. The van der Waals surface area contributed by atoms with Crippen LogP contribution < -0.4 is 0 Å². The molecule has 1 radical (unpaired) electrons. The van der Waals surface area contributed by atoms with Crippen LogP contribution in [0.4, 0.5) is 4.79 Å². The van der Waals surface area contributed by atoms with E-state index in [1.165, 1.54) is 20.6 Å². The van der Waals surface area contributed by atoms with Crippen LogP contribution in [0.1, 0.15) is 84.0 Å². The fourth-order valence-electron chi connectivity index (χ4n) is 2.60. The second kappa shape index (κ2) is 18.3. The lowest BCUT2D eigenvalue weighted by atomic mass is 10.1. The Labute approximate surface area is 159 Å². The van der Waals surface area contributed by atoms with Crippen molar-refractivity contribution < 1.29 is 23.8 Å². The maximum Gasteiger partial charge on any atom is 0.508 e. The van der Waals surface area contributed by atoms with Crippen molar-refractivity contribution in [1.29, 1.82) is 0 Å². The van der Waals surface area contributed by atoms with Crippen LogP contribution in [0.5, 0.6) is 0 Å². The highest BCUT2D eigenvalue weighted by Crippen LogP contribution is 2.13. The number of carbonyl (C=O) groups is 2. The molecule has 0 aromatic heterocycles. The van der Waals surface area contributed by atoms with Crippen LogP contribution in [0, 0.1) is 6.42 Å². The lowest BCUT2D eigenvalue weighted by Crippen LogP contribution is -2.18. The van der Waals surface area contributed by atoms with Gasteiger partial charge in [-0.15, -0.1) is 0 Å². The van der Waals surface area contributed by atoms with Gasteiger partial charge in [0.25, 0.3) is 0 Å². The number of unbranched alkanes of at least 4 members (excludes halogenated alkanes) is 7. The Morgan fingerprint density at radius 3 is 2.31 bits per heavy atom. The number of ether oxygens (including phenoxy) is 3. The summed E-state index contributed by atoms with van der Waals surface area (Å²) in [6, 6.07) is 0. The molecule has 0 aliphatic carbocycles. The minimum Gasteiger partial charge on any atom is -0.469 e. The molecule has 0 aliphatic heterocycles. The van der Waals surface area contributed by atoms with E-state index in [9.17, 15) is 9.59 Å². The number of methoxy groups -OCH3 is 2. The van der Waals surface area contributed by atoms with E-state index in [4.69, 9.17) is 4.74 Å². The molecule has 0 N–H and O–H groups in total. The van der Waals surface area contributed by atoms with Crippen molar-refractivity contribution in [3.63, 3.8) is 0 Å². The van der Waals surface area contributed by atoms with E-state index in [2.05, 4.69) is 28.5 Å². The molecule has 0 saturated heterocycles. The van der Waals surface area contributed by atoms with Gasteiger partial charge in [-0.1, -0.05) is 51.2 Å². The molecule has 26 heavy (non-hydrogen) atoms. The Morgan fingerprint density at radius 2 is 1.62 bits per heavy atom. The number of carbonyl (C=O) groups excluding carboxylic acids is 2. The zero-order valence-electron chi connectivity index (χ0n) is 16.8. The lowest BCUT2D eigenvalue weighted by Gasteiger charge is -2.15. The smallest absolute Gasteiger partial charge is 0.469 e. The van der Waals surface area contributed by atoms with Crippen molar-refractivity contribution in [1.82, 2.24) is 0 Å². The van der Waals surface area contributed by atoms with Gasteiger partial charge in [0.1, 0.15) is 6.10 Å². The largest absolute Gasteiger partial charge is 0.508 e. The zero-order chi connectivity index (χ0) is 19.5. The van der Waals surface area contributed by atoms with Gasteiger partial charge in [0.15, 0.2) is 0 Å². The Bertz CT molecular complexity index is 379. The predicted molar refractivity (Wildman–Crippen MR) is 104 cm³/mol. The van der Waals surface area contributed by atoms with E-state index in [1.807, 2.05) is 6.42 Å². The molecule has 5 nitrogen and oxygen atoms in total. The summed E-state index contributed by atoms with van der Waals surface area (Å²) in [4.78, 5) is 22.3. The fraction of sp³-hybridized carbons (Fsp3) is 0.762. The van der Waals surface area contributed by atoms with E-state index in [1.54, 1.807) is 0 Å². The normalized spacial score (nSPS) is 12.1. The molecule has 0 rings (SSSR count). The molecule has 5 heteroatoms. The first kappa shape index (κ1) is 24.5. The Kier molecular flexibility index (Phi) is 17.2. The molecular weight excluding hydrogens is 332 g/mol. The van der Waals surface area contributed by atoms with Gasteiger partial charge < -0.3 is 14.2 Å². The van der Waals surface area contributed by atoms with Crippen LogP contribution in [0.2, 0.25) is 0 Å². The summed E-state index contributed by atoms with van der Waals surface area (Å²) in [6.07, 6.45) is 17.6. The first-order valence-corrected chi connectivity index (χ1v) is 9.93. The van der Waals surface area contributed by atoms with Crippen LogP contribution >= 0.6 is 0 Å². The van der Waals surface area contributed by atoms with Crippen molar-refractivity contribution in [3.05, 3.63) is 18.6 Å². The topological polar surface area (TPSA) is 61.8 Å². The minimum atomic E-state index is -0.612. The van der Waals surface area contributed by atoms with Crippen LogP contribution in [-0.4, -0.2) is 32.4 Å².